The van der Waals surface area contributed by atoms with E-state index < -0.39 is 0 Å². The number of likely N-dealkylation sites (N-methyl/N-ethyl adjacent to an activating group) is 1. The van der Waals surface area contributed by atoms with Gasteiger partial charge in [0.15, 0.2) is 5.17 Å². The van der Waals surface area contributed by atoms with Gasteiger partial charge in [-0.2, -0.15) is 0 Å². The van der Waals surface area contributed by atoms with E-state index in [0.29, 0.717) is 40.5 Å². The number of aryl methyl sites for hydroxylation is 1. The number of amidine groups is 1. The standard InChI is InChI=1S/C26H30N2O4S/c1-7-31-22-13-17(5)19(14-21(22)16(3)4)15-23-24(29)28(6)26(33-23)27-20-11-9-18(10-12-20)25(30)32-8-2/h9-16H,7-8H2,1-6H3/b23-15-,27-26?. The smallest absolute Gasteiger partial charge is 0.338 e. The second-order valence-corrected chi connectivity index (χ2v) is 8.98. The van der Waals surface area contributed by atoms with Crippen molar-refractivity contribution in [1.82, 2.24) is 4.90 Å². The molecule has 1 aliphatic heterocycles. The van der Waals surface area contributed by atoms with Crippen molar-refractivity contribution < 1.29 is 19.1 Å². The first-order chi connectivity index (χ1) is 15.7. The molecule has 0 saturated carbocycles. The van der Waals surface area contributed by atoms with Gasteiger partial charge in [0.2, 0.25) is 0 Å². The van der Waals surface area contributed by atoms with Crippen LogP contribution in [0.3, 0.4) is 0 Å². The summed E-state index contributed by atoms with van der Waals surface area (Å²) in [4.78, 5) is 31.5. The van der Waals surface area contributed by atoms with Gasteiger partial charge in [0.05, 0.1) is 29.4 Å². The van der Waals surface area contributed by atoms with Crippen molar-refractivity contribution in [2.45, 2.75) is 40.5 Å². The zero-order valence-corrected chi connectivity index (χ0v) is 20.8. The Bertz CT molecular complexity index is 1100. The minimum atomic E-state index is -0.365. The number of thioether (sulfide) groups is 1. The van der Waals surface area contributed by atoms with E-state index in [1.807, 2.05) is 26.0 Å². The average Bonchev–Trinajstić information content (AvgIpc) is 3.04. The second kappa shape index (κ2) is 10.7. The molecule has 2 aromatic rings. The second-order valence-electron chi connectivity index (χ2n) is 7.97. The molecule has 0 aliphatic carbocycles. The summed E-state index contributed by atoms with van der Waals surface area (Å²) in [5.74, 6) is 0.731. The molecule has 2 aromatic carbocycles. The van der Waals surface area contributed by atoms with E-state index >= 15 is 0 Å². The van der Waals surface area contributed by atoms with Crippen molar-refractivity contribution in [3.8, 4) is 5.75 Å². The number of aliphatic imine (C=N–C) groups is 1. The van der Waals surface area contributed by atoms with E-state index in [-0.39, 0.29) is 11.9 Å². The summed E-state index contributed by atoms with van der Waals surface area (Å²) in [6.07, 6.45) is 1.92. The SMILES string of the molecule is CCOC(=O)c1ccc(N=C2S/C(=C\c3cc(C(C)C)c(OCC)cc3C)C(=O)N2C)cc1. The molecule has 1 aliphatic rings. The van der Waals surface area contributed by atoms with Crippen molar-refractivity contribution in [3.05, 3.63) is 63.6 Å². The highest BCUT2D eigenvalue weighted by Gasteiger charge is 2.30. The van der Waals surface area contributed by atoms with Gasteiger partial charge in [-0.25, -0.2) is 9.79 Å². The lowest BCUT2D eigenvalue weighted by molar-refractivity contribution is -0.121. The van der Waals surface area contributed by atoms with E-state index in [0.717, 1.165) is 22.4 Å². The number of carbonyl (C=O) groups excluding carboxylic acids is 2. The Balaban J connectivity index is 1.88. The van der Waals surface area contributed by atoms with E-state index in [4.69, 9.17) is 9.47 Å². The first-order valence-electron chi connectivity index (χ1n) is 11.1. The topological polar surface area (TPSA) is 68.2 Å². The Morgan fingerprint density at radius 3 is 2.45 bits per heavy atom. The molecule has 1 saturated heterocycles. The lowest BCUT2D eigenvalue weighted by Gasteiger charge is -2.16. The average molecular weight is 467 g/mol. The first kappa shape index (κ1) is 24.6. The van der Waals surface area contributed by atoms with Crippen molar-refractivity contribution in [2.24, 2.45) is 4.99 Å². The van der Waals surface area contributed by atoms with Gasteiger partial charge in [0.25, 0.3) is 5.91 Å². The fourth-order valence-electron chi connectivity index (χ4n) is 3.39. The molecule has 0 bridgehead atoms. The third-order valence-electron chi connectivity index (χ3n) is 5.21. The highest BCUT2D eigenvalue weighted by atomic mass is 32.2. The number of hydrogen-bond donors (Lipinski definition) is 0. The fraction of sp³-hybridized carbons (Fsp3) is 0.346. The van der Waals surface area contributed by atoms with Crippen LogP contribution >= 0.6 is 11.8 Å². The summed E-state index contributed by atoms with van der Waals surface area (Å²) in [6, 6.07) is 11.0. The van der Waals surface area contributed by atoms with Gasteiger partial charge >= 0.3 is 5.97 Å². The molecule has 1 amide bonds. The molecular formula is C26H30N2O4S. The van der Waals surface area contributed by atoms with Gasteiger partial charge in [0, 0.05) is 7.05 Å². The molecule has 33 heavy (non-hydrogen) atoms. The predicted molar refractivity (Wildman–Crippen MR) is 134 cm³/mol. The van der Waals surface area contributed by atoms with Crippen LogP contribution in [0.2, 0.25) is 0 Å². The van der Waals surface area contributed by atoms with Gasteiger partial charge in [-0.3, -0.25) is 9.69 Å². The molecule has 6 nitrogen and oxygen atoms in total. The van der Waals surface area contributed by atoms with Crippen molar-refractivity contribution in [3.63, 3.8) is 0 Å². The summed E-state index contributed by atoms with van der Waals surface area (Å²) in [5, 5.41) is 0.586. The van der Waals surface area contributed by atoms with Gasteiger partial charge in [0.1, 0.15) is 5.75 Å². The van der Waals surface area contributed by atoms with Gasteiger partial charge in [-0.15, -0.1) is 0 Å². The molecule has 1 heterocycles. The molecule has 7 heteroatoms. The number of amides is 1. The monoisotopic (exact) mass is 466 g/mol. The third kappa shape index (κ3) is 5.66. The number of carbonyl (C=O) groups is 2. The fourth-order valence-corrected chi connectivity index (χ4v) is 4.37. The molecule has 0 atom stereocenters. The number of benzene rings is 2. The van der Waals surface area contributed by atoms with E-state index in [9.17, 15) is 9.59 Å². The highest BCUT2D eigenvalue weighted by molar-refractivity contribution is 8.18. The predicted octanol–water partition coefficient (Wildman–Crippen LogP) is 5.93. The quantitative estimate of drug-likeness (QED) is 0.374. The first-order valence-corrected chi connectivity index (χ1v) is 11.9. The van der Waals surface area contributed by atoms with Crippen LogP contribution in [-0.2, 0) is 9.53 Å². The molecule has 0 N–H and O–H groups in total. The minimum absolute atomic E-state index is 0.0960. The number of nitrogens with zero attached hydrogens (tertiary/aromatic N) is 2. The number of rotatable bonds is 7. The number of hydrogen-bond acceptors (Lipinski definition) is 6. The minimum Gasteiger partial charge on any atom is -0.494 e. The molecule has 0 unspecified atom stereocenters. The van der Waals surface area contributed by atoms with Crippen LogP contribution in [0.25, 0.3) is 6.08 Å². The molecule has 1 fully saturated rings. The maximum absolute atomic E-state index is 12.9. The number of ether oxygens (including phenoxy) is 2. The summed E-state index contributed by atoms with van der Waals surface area (Å²) in [7, 11) is 1.71. The van der Waals surface area contributed by atoms with Crippen LogP contribution in [0.5, 0.6) is 5.75 Å². The van der Waals surface area contributed by atoms with Crippen molar-refractivity contribution in [1.29, 1.82) is 0 Å². The highest BCUT2D eigenvalue weighted by Crippen LogP contribution is 2.36. The molecule has 174 valence electrons. The Labute approximate surface area is 199 Å². The molecule has 0 radical (unpaired) electrons. The summed E-state index contributed by atoms with van der Waals surface area (Å²) < 4.78 is 10.8. The van der Waals surface area contributed by atoms with Crippen LogP contribution in [0.1, 0.15) is 60.7 Å². The molecule has 0 spiro atoms. The number of esters is 1. The molecular weight excluding hydrogens is 436 g/mol. The third-order valence-corrected chi connectivity index (χ3v) is 6.27. The van der Waals surface area contributed by atoms with Crippen LogP contribution < -0.4 is 4.74 Å². The Morgan fingerprint density at radius 2 is 1.85 bits per heavy atom. The van der Waals surface area contributed by atoms with E-state index in [1.165, 1.54) is 11.8 Å². The van der Waals surface area contributed by atoms with Crippen LogP contribution in [0.4, 0.5) is 5.69 Å². The van der Waals surface area contributed by atoms with Crippen molar-refractivity contribution in [2.75, 3.05) is 20.3 Å². The van der Waals surface area contributed by atoms with E-state index in [2.05, 4.69) is 24.9 Å². The van der Waals surface area contributed by atoms with Crippen LogP contribution in [0.15, 0.2) is 46.3 Å². The lowest BCUT2D eigenvalue weighted by atomic mass is 9.96. The zero-order chi connectivity index (χ0) is 24.1. The zero-order valence-electron chi connectivity index (χ0n) is 20.0. The molecule has 3 rings (SSSR count). The van der Waals surface area contributed by atoms with Gasteiger partial charge in [-0.1, -0.05) is 13.8 Å². The maximum atomic E-state index is 12.9. The Kier molecular flexibility index (Phi) is 7.97. The molecule has 0 aromatic heterocycles. The van der Waals surface area contributed by atoms with Crippen LogP contribution in [-0.4, -0.2) is 42.2 Å². The van der Waals surface area contributed by atoms with Crippen LogP contribution in [0, 0.1) is 6.92 Å². The van der Waals surface area contributed by atoms with Gasteiger partial charge in [-0.05, 0) is 97.6 Å². The Morgan fingerprint density at radius 1 is 1.15 bits per heavy atom. The van der Waals surface area contributed by atoms with Crippen molar-refractivity contribution >= 4 is 40.6 Å². The largest absolute Gasteiger partial charge is 0.494 e. The van der Waals surface area contributed by atoms with E-state index in [1.54, 1.807) is 43.1 Å². The van der Waals surface area contributed by atoms with Gasteiger partial charge < -0.3 is 9.47 Å². The summed E-state index contributed by atoms with van der Waals surface area (Å²) in [5.41, 5.74) is 4.29. The lowest BCUT2D eigenvalue weighted by Crippen LogP contribution is -2.23. The summed E-state index contributed by atoms with van der Waals surface area (Å²) in [6.45, 7) is 11.0. The normalized spacial score (nSPS) is 16.2. The maximum Gasteiger partial charge on any atom is 0.338 e. The Hall–Kier alpha value is -3.06. The summed E-state index contributed by atoms with van der Waals surface area (Å²) >= 11 is 1.34.